The number of nitrogens with zero attached hydrogens (tertiary/aromatic N) is 3. The minimum atomic E-state index is -0.797. The molecule has 4 aromatic rings. The fourth-order valence-electron chi connectivity index (χ4n) is 3.75. The molecule has 0 fully saturated rings. The molecule has 4 rings (SSSR count). The number of aliphatic hydroxyl groups excluding tert-OH is 1. The Morgan fingerprint density at radius 1 is 1.00 bits per heavy atom. The second-order valence-electron chi connectivity index (χ2n) is 8.17. The third kappa shape index (κ3) is 5.65. The Bertz CT molecular complexity index is 1270. The largest absolute Gasteiger partial charge is 0.491 e. The SMILES string of the molecule is Cn1c(=O)n(C)c2cc([C@H](O)COc3ccc(CNCCCOc4ccccn4)cc3)ccc21. The minimum absolute atomic E-state index is 0.0923. The maximum atomic E-state index is 12.1. The van der Waals surface area contributed by atoms with Crippen molar-refractivity contribution in [3.8, 4) is 11.6 Å². The van der Waals surface area contributed by atoms with Gasteiger partial charge in [0.2, 0.25) is 5.88 Å². The first-order valence-corrected chi connectivity index (χ1v) is 11.3. The zero-order valence-electron chi connectivity index (χ0n) is 19.5. The van der Waals surface area contributed by atoms with Gasteiger partial charge in [0.05, 0.1) is 17.6 Å². The van der Waals surface area contributed by atoms with E-state index in [-0.39, 0.29) is 12.3 Å². The van der Waals surface area contributed by atoms with Gasteiger partial charge >= 0.3 is 5.69 Å². The summed E-state index contributed by atoms with van der Waals surface area (Å²) in [5.74, 6) is 1.34. The van der Waals surface area contributed by atoms with Crippen molar-refractivity contribution in [1.82, 2.24) is 19.4 Å². The van der Waals surface area contributed by atoms with Gasteiger partial charge in [-0.1, -0.05) is 24.3 Å². The lowest BCUT2D eigenvalue weighted by molar-refractivity contribution is 0.108. The van der Waals surface area contributed by atoms with E-state index >= 15 is 0 Å². The average molecular weight is 463 g/mol. The predicted molar refractivity (Wildman–Crippen MR) is 131 cm³/mol. The van der Waals surface area contributed by atoms with Crippen LogP contribution in [0.4, 0.5) is 0 Å². The standard InChI is InChI=1S/C26H30N4O4/c1-29-22-12-9-20(16-23(22)30(2)26(29)32)24(31)18-34-21-10-7-19(8-11-21)17-27-13-5-15-33-25-6-3-4-14-28-25/h3-4,6-12,14,16,24,27,31H,5,13,15,17-18H2,1-2H3/t24-/m1/s1. The molecule has 1 atom stereocenters. The summed E-state index contributed by atoms with van der Waals surface area (Å²) in [6.07, 6.45) is 1.81. The lowest BCUT2D eigenvalue weighted by Crippen LogP contribution is -2.19. The number of pyridine rings is 1. The molecule has 0 aliphatic rings. The van der Waals surface area contributed by atoms with E-state index in [4.69, 9.17) is 9.47 Å². The highest BCUT2D eigenvalue weighted by Crippen LogP contribution is 2.21. The van der Waals surface area contributed by atoms with Gasteiger partial charge in [0.15, 0.2) is 0 Å². The molecule has 0 amide bonds. The molecule has 0 aliphatic heterocycles. The zero-order chi connectivity index (χ0) is 23.9. The molecular formula is C26H30N4O4. The summed E-state index contributed by atoms with van der Waals surface area (Å²) >= 11 is 0. The highest BCUT2D eigenvalue weighted by Gasteiger charge is 2.13. The summed E-state index contributed by atoms with van der Waals surface area (Å²) in [5, 5.41) is 14.0. The fraction of sp³-hybridized carbons (Fsp3) is 0.308. The lowest BCUT2D eigenvalue weighted by atomic mass is 10.1. The molecule has 2 aromatic heterocycles. The maximum Gasteiger partial charge on any atom is 0.328 e. The van der Waals surface area contributed by atoms with Gasteiger partial charge in [0.25, 0.3) is 0 Å². The normalized spacial score (nSPS) is 12.1. The first-order valence-electron chi connectivity index (χ1n) is 11.3. The molecule has 0 aliphatic carbocycles. The van der Waals surface area contributed by atoms with Crippen molar-refractivity contribution in [3.63, 3.8) is 0 Å². The van der Waals surface area contributed by atoms with Gasteiger partial charge in [0, 0.05) is 32.9 Å². The summed E-state index contributed by atoms with van der Waals surface area (Å²) in [6, 6.07) is 18.9. The van der Waals surface area contributed by atoms with E-state index in [2.05, 4.69) is 10.3 Å². The molecular weight excluding hydrogens is 432 g/mol. The molecule has 2 N–H and O–H groups in total. The Balaban J connectivity index is 1.20. The van der Waals surface area contributed by atoms with E-state index in [9.17, 15) is 9.90 Å². The van der Waals surface area contributed by atoms with E-state index < -0.39 is 6.10 Å². The van der Waals surface area contributed by atoms with Crippen LogP contribution in [0.2, 0.25) is 0 Å². The lowest BCUT2D eigenvalue weighted by Gasteiger charge is -2.14. The number of nitrogens with one attached hydrogen (secondary N) is 1. The topological polar surface area (TPSA) is 90.5 Å². The third-order valence-electron chi connectivity index (χ3n) is 5.73. The highest BCUT2D eigenvalue weighted by atomic mass is 16.5. The summed E-state index contributed by atoms with van der Waals surface area (Å²) in [7, 11) is 3.46. The van der Waals surface area contributed by atoms with Crippen molar-refractivity contribution >= 4 is 11.0 Å². The molecule has 8 nitrogen and oxygen atoms in total. The molecule has 34 heavy (non-hydrogen) atoms. The number of ether oxygens (including phenoxy) is 2. The van der Waals surface area contributed by atoms with E-state index in [1.54, 1.807) is 29.4 Å². The van der Waals surface area contributed by atoms with Gasteiger partial charge in [-0.25, -0.2) is 9.78 Å². The number of rotatable bonds is 11. The van der Waals surface area contributed by atoms with Crippen LogP contribution in [0.1, 0.15) is 23.7 Å². The summed E-state index contributed by atoms with van der Waals surface area (Å²) in [6.45, 7) is 2.34. The second kappa shape index (κ2) is 11.0. The van der Waals surface area contributed by atoms with E-state index in [0.29, 0.717) is 23.8 Å². The Labute approximate surface area is 198 Å². The van der Waals surface area contributed by atoms with E-state index in [1.807, 2.05) is 60.7 Å². The highest BCUT2D eigenvalue weighted by molar-refractivity contribution is 5.77. The minimum Gasteiger partial charge on any atom is -0.491 e. The van der Waals surface area contributed by atoms with Crippen molar-refractivity contribution in [2.24, 2.45) is 14.1 Å². The number of aromatic nitrogens is 3. The quantitative estimate of drug-likeness (QED) is 0.333. The average Bonchev–Trinajstić information content (AvgIpc) is 3.09. The second-order valence-corrected chi connectivity index (χ2v) is 8.17. The molecule has 0 spiro atoms. The summed E-state index contributed by atoms with van der Waals surface area (Å²) < 4.78 is 14.5. The number of aryl methyl sites for hydroxylation is 2. The van der Waals surface area contributed by atoms with E-state index in [0.717, 1.165) is 36.1 Å². The molecule has 8 heteroatoms. The van der Waals surface area contributed by atoms with Gasteiger partial charge in [0.1, 0.15) is 18.5 Å². The Morgan fingerprint density at radius 3 is 2.56 bits per heavy atom. The van der Waals surface area contributed by atoms with Crippen LogP contribution in [0, 0.1) is 0 Å². The number of fused-ring (bicyclic) bond motifs is 1. The van der Waals surface area contributed by atoms with Gasteiger partial charge in [-0.3, -0.25) is 9.13 Å². The van der Waals surface area contributed by atoms with Crippen molar-refractivity contribution in [2.75, 3.05) is 19.8 Å². The van der Waals surface area contributed by atoms with Crippen molar-refractivity contribution in [1.29, 1.82) is 0 Å². The van der Waals surface area contributed by atoms with Crippen LogP contribution in [0.3, 0.4) is 0 Å². The van der Waals surface area contributed by atoms with Gasteiger partial charge in [-0.05, 0) is 54.4 Å². The van der Waals surface area contributed by atoms with Gasteiger partial charge in [-0.2, -0.15) is 0 Å². The monoisotopic (exact) mass is 462 g/mol. The molecule has 0 saturated heterocycles. The van der Waals surface area contributed by atoms with Crippen LogP contribution >= 0.6 is 0 Å². The van der Waals surface area contributed by atoms with Crippen molar-refractivity contribution in [3.05, 3.63) is 88.5 Å². The van der Waals surface area contributed by atoms with Crippen LogP contribution in [0.25, 0.3) is 11.0 Å². The number of hydrogen-bond donors (Lipinski definition) is 2. The molecule has 0 unspecified atom stereocenters. The predicted octanol–water partition coefficient (Wildman–Crippen LogP) is 2.94. The number of aliphatic hydroxyl groups is 1. The molecule has 0 bridgehead atoms. The Hall–Kier alpha value is -3.62. The molecule has 2 heterocycles. The molecule has 178 valence electrons. The van der Waals surface area contributed by atoms with E-state index in [1.165, 1.54) is 0 Å². The van der Waals surface area contributed by atoms with Crippen molar-refractivity contribution in [2.45, 2.75) is 19.1 Å². The van der Waals surface area contributed by atoms with Crippen LogP contribution in [0.5, 0.6) is 11.6 Å². The maximum absolute atomic E-state index is 12.1. The summed E-state index contributed by atoms with van der Waals surface area (Å²) in [4.78, 5) is 16.2. The fourth-order valence-corrected chi connectivity index (χ4v) is 3.75. The third-order valence-corrected chi connectivity index (χ3v) is 5.73. The summed E-state index contributed by atoms with van der Waals surface area (Å²) in [5.41, 5.74) is 3.37. The first-order chi connectivity index (χ1) is 16.5. The molecule has 0 radical (unpaired) electrons. The Morgan fingerprint density at radius 2 is 1.79 bits per heavy atom. The number of benzene rings is 2. The smallest absolute Gasteiger partial charge is 0.328 e. The van der Waals surface area contributed by atoms with Crippen LogP contribution < -0.4 is 20.5 Å². The number of hydrogen-bond acceptors (Lipinski definition) is 6. The van der Waals surface area contributed by atoms with Gasteiger partial charge < -0.3 is 19.9 Å². The van der Waals surface area contributed by atoms with Crippen LogP contribution in [-0.2, 0) is 20.6 Å². The van der Waals surface area contributed by atoms with Crippen molar-refractivity contribution < 1.29 is 14.6 Å². The Kier molecular flexibility index (Phi) is 7.61. The van der Waals surface area contributed by atoms with Gasteiger partial charge in [-0.15, -0.1) is 0 Å². The number of imidazole rings is 1. The molecule has 2 aromatic carbocycles. The first kappa shape index (κ1) is 23.5. The van der Waals surface area contributed by atoms with Crippen LogP contribution in [-0.4, -0.2) is 39.0 Å². The molecule has 0 saturated carbocycles. The van der Waals surface area contributed by atoms with Crippen LogP contribution in [0.15, 0.2) is 71.7 Å². The zero-order valence-corrected chi connectivity index (χ0v) is 19.5.